The minimum absolute atomic E-state index is 0.00219. The Balaban J connectivity index is 1.87. The summed E-state index contributed by atoms with van der Waals surface area (Å²) >= 11 is 2.53. The second kappa shape index (κ2) is 8.41. The van der Waals surface area contributed by atoms with Crippen molar-refractivity contribution in [1.29, 1.82) is 0 Å². The van der Waals surface area contributed by atoms with Crippen LogP contribution in [0.2, 0.25) is 0 Å². The summed E-state index contributed by atoms with van der Waals surface area (Å²) in [6, 6.07) is 3.69. The fraction of sp³-hybridized carbons (Fsp3) is 0.353. The van der Waals surface area contributed by atoms with Gasteiger partial charge in [-0.2, -0.15) is 5.10 Å². The molecule has 0 spiro atoms. The number of rotatable bonds is 8. The van der Waals surface area contributed by atoms with E-state index in [0.717, 1.165) is 16.2 Å². The van der Waals surface area contributed by atoms with E-state index >= 15 is 0 Å². The maximum atomic E-state index is 13.0. The van der Waals surface area contributed by atoms with Crippen LogP contribution < -0.4 is 4.72 Å². The molecule has 0 aliphatic carbocycles. The van der Waals surface area contributed by atoms with Crippen LogP contribution in [0.4, 0.5) is 5.13 Å². The zero-order chi connectivity index (χ0) is 20.3. The number of hydrogen-bond acceptors (Lipinski definition) is 8. The third kappa shape index (κ3) is 4.59. The predicted octanol–water partition coefficient (Wildman–Crippen LogP) is 3.56. The first kappa shape index (κ1) is 20.5. The van der Waals surface area contributed by atoms with Gasteiger partial charge < -0.3 is 4.74 Å². The molecule has 0 fully saturated rings. The average molecular weight is 441 g/mol. The number of carbonyl (C=O) groups excluding carboxylic acids is 1. The van der Waals surface area contributed by atoms with Gasteiger partial charge in [0.1, 0.15) is 10.6 Å². The molecule has 0 aliphatic heterocycles. The van der Waals surface area contributed by atoms with Crippen molar-refractivity contribution in [2.24, 2.45) is 0 Å². The van der Waals surface area contributed by atoms with Crippen LogP contribution in [0, 0.1) is 0 Å². The predicted molar refractivity (Wildman–Crippen MR) is 109 cm³/mol. The van der Waals surface area contributed by atoms with Crippen molar-refractivity contribution in [2.75, 3.05) is 11.3 Å². The van der Waals surface area contributed by atoms with Gasteiger partial charge in [-0.25, -0.2) is 13.4 Å². The molecule has 0 saturated carbocycles. The van der Waals surface area contributed by atoms with E-state index < -0.39 is 16.0 Å². The van der Waals surface area contributed by atoms with E-state index in [1.807, 2.05) is 31.4 Å². The number of carbonyl (C=O) groups is 1. The van der Waals surface area contributed by atoms with Gasteiger partial charge in [-0.05, 0) is 32.2 Å². The average Bonchev–Trinajstić information content (AvgIpc) is 3.34. The number of thiophene rings is 1. The zero-order valence-electron chi connectivity index (χ0n) is 15.6. The van der Waals surface area contributed by atoms with E-state index in [-0.39, 0.29) is 29.1 Å². The summed E-state index contributed by atoms with van der Waals surface area (Å²) in [5, 5.41) is 8.15. The third-order valence-corrected chi connectivity index (χ3v) is 6.83. The molecular weight excluding hydrogens is 420 g/mol. The van der Waals surface area contributed by atoms with Crippen molar-refractivity contribution < 1.29 is 17.9 Å². The van der Waals surface area contributed by atoms with Gasteiger partial charge >= 0.3 is 5.97 Å². The molecule has 3 heterocycles. The number of ether oxygens (including phenoxy) is 1. The van der Waals surface area contributed by atoms with Gasteiger partial charge in [0.15, 0.2) is 5.13 Å². The standard InChI is InChI=1S/C17H20N4O4S3/c1-4-25-15(22)8-12-10-27-17(18-12)20-28(23,24)14-9-21(11(2)3)19-16(14)13-6-5-7-26-13/h5-7,9-11H,4,8H2,1-3H3,(H,18,20). The molecule has 1 N–H and O–H groups in total. The molecule has 0 amide bonds. The molecule has 0 atom stereocenters. The fourth-order valence-corrected chi connectivity index (χ4v) is 5.29. The molecule has 11 heteroatoms. The number of aromatic nitrogens is 3. The van der Waals surface area contributed by atoms with Crippen molar-refractivity contribution in [3.63, 3.8) is 0 Å². The van der Waals surface area contributed by atoms with Crippen LogP contribution in [0.25, 0.3) is 10.6 Å². The second-order valence-electron chi connectivity index (χ2n) is 6.12. The van der Waals surface area contributed by atoms with Crippen LogP contribution in [-0.2, 0) is 26.0 Å². The second-order valence-corrected chi connectivity index (χ2v) is 9.58. The first-order valence-corrected chi connectivity index (χ1v) is 11.8. The van der Waals surface area contributed by atoms with Gasteiger partial charge in [0.25, 0.3) is 10.0 Å². The molecule has 8 nitrogen and oxygen atoms in total. The monoisotopic (exact) mass is 440 g/mol. The highest BCUT2D eigenvalue weighted by Crippen LogP contribution is 2.32. The molecule has 0 bridgehead atoms. The largest absolute Gasteiger partial charge is 0.466 e. The van der Waals surface area contributed by atoms with E-state index in [9.17, 15) is 13.2 Å². The molecule has 3 rings (SSSR count). The fourth-order valence-electron chi connectivity index (χ4n) is 2.38. The molecule has 0 aromatic carbocycles. The third-order valence-electron chi connectivity index (χ3n) is 3.68. The molecule has 3 aromatic rings. The van der Waals surface area contributed by atoms with Gasteiger partial charge in [-0.1, -0.05) is 6.07 Å². The van der Waals surface area contributed by atoms with E-state index in [1.165, 1.54) is 17.5 Å². The van der Waals surface area contributed by atoms with Crippen LogP contribution in [0.15, 0.2) is 34.0 Å². The Morgan fingerprint density at radius 3 is 2.79 bits per heavy atom. The lowest BCUT2D eigenvalue weighted by Crippen LogP contribution is -2.13. The molecule has 0 aliphatic rings. The van der Waals surface area contributed by atoms with Crippen LogP contribution in [0.5, 0.6) is 0 Å². The first-order chi connectivity index (χ1) is 13.3. The summed E-state index contributed by atoms with van der Waals surface area (Å²) in [6.07, 6.45) is 1.52. The van der Waals surface area contributed by atoms with Crippen molar-refractivity contribution in [2.45, 2.75) is 38.1 Å². The van der Waals surface area contributed by atoms with Crippen LogP contribution in [-0.4, -0.2) is 35.8 Å². The Bertz CT molecular complexity index is 1050. The van der Waals surface area contributed by atoms with E-state index in [2.05, 4.69) is 14.8 Å². The molecule has 28 heavy (non-hydrogen) atoms. The van der Waals surface area contributed by atoms with Gasteiger partial charge in [0.05, 0.1) is 23.6 Å². The Kier molecular flexibility index (Phi) is 6.16. The molecule has 150 valence electrons. The number of thiazole rings is 1. The topological polar surface area (TPSA) is 103 Å². The van der Waals surface area contributed by atoms with Gasteiger partial charge in [0, 0.05) is 17.6 Å². The van der Waals surface area contributed by atoms with Crippen molar-refractivity contribution >= 4 is 43.8 Å². The summed E-state index contributed by atoms with van der Waals surface area (Å²) < 4.78 is 35.0. The minimum Gasteiger partial charge on any atom is -0.466 e. The molecular formula is C17H20N4O4S3. The summed E-state index contributed by atoms with van der Waals surface area (Å²) in [7, 11) is -3.90. The Morgan fingerprint density at radius 2 is 2.14 bits per heavy atom. The number of esters is 1. The minimum atomic E-state index is -3.90. The van der Waals surface area contributed by atoms with E-state index in [1.54, 1.807) is 17.0 Å². The van der Waals surface area contributed by atoms with E-state index in [4.69, 9.17) is 4.74 Å². The summed E-state index contributed by atoms with van der Waals surface area (Å²) in [5.74, 6) is -0.402. The van der Waals surface area contributed by atoms with E-state index in [0.29, 0.717) is 11.4 Å². The lowest BCUT2D eigenvalue weighted by atomic mass is 10.3. The Labute approximate surface area is 171 Å². The quantitative estimate of drug-likeness (QED) is 0.537. The highest BCUT2D eigenvalue weighted by atomic mass is 32.2. The van der Waals surface area contributed by atoms with Crippen molar-refractivity contribution in [3.8, 4) is 10.6 Å². The Hall–Kier alpha value is -2.24. The number of nitrogens with zero attached hydrogens (tertiary/aromatic N) is 3. The van der Waals surface area contributed by atoms with Crippen LogP contribution in [0.3, 0.4) is 0 Å². The summed E-state index contributed by atoms with van der Waals surface area (Å²) in [6.45, 7) is 5.86. The summed E-state index contributed by atoms with van der Waals surface area (Å²) in [4.78, 5) is 16.6. The van der Waals surface area contributed by atoms with Gasteiger partial charge in [-0.15, -0.1) is 22.7 Å². The number of hydrogen-bond donors (Lipinski definition) is 1. The Morgan fingerprint density at radius 1 is 1.36 bits per heavy atom. The van der Waals surface area contributed by atoms with Gasteiger partial charge in [-0.3, -0.25) is 14.2 Å². The first-order valence-electron chi connectivity index (χ1n) is 8.56. The number of anilines is 1. The van der Waals surface area contributed by atoms with Crippen molar-refractivity contribution in [3.05, 3.63) is 34.8 Å². The molecule has 0 unspecified atom stereocenters. The van der Waals surface area contributed by atoms with Crippen molar-refractivity contribution in [1.82, 2.24) is 14.8 Å². The molecule has 3 aromatic heterocycles. The number of sulfonamides is 1. The highest BCUT2D eigenvalue weighted by molar-refractivity contribution is 7.93. The summed E-state index contributed by atoms with van der Waals surface area (Å²) in [5.41, 5.74) is 0.858. The van der Waals surface area contributed by atoms with Crippen LogP contribution >= 0.6 is 22.7 Å². The highest BCUT2D eigenvalue weighted by Gasteiger charge is 2.26. The maximum absolute atomic E-state index is 13.0. The smallest absolute Gasteiger partial charge is 0.311 e. The number of nitrogens with one attached hydrogen (secondary N) is 1. The molecule has 0 radical (unpaired) electrons. The lowest BCUT2D eigenvalue weighted by molar-refractivity contribution is -0.142. The lowest BCUT2D eigenvalue weighted by Gasteiger charge is -2.04. The molecule has 0 saturated heterocycles. The van der Waals surface area contributed by atoms with Gasteiger partial charge in [0.2, 0.25) is 0 Å². The van der Waals surface area contributed by atoms with Crippen LogP contribution in [0.1, 0.15) is 32.5 Å². The normalized spacial score (nSPS) is 11.7. The maximum Gasteiger partial charge on any atom is 0.311 e. The SMILES string of the molecule is CCOC(=O)Cc1csc(NS(=O)(=O)c2cn(C(C)C)nc2-c2cccs2)n1. The zero-order valence-corrected chi connectivity index (χ0v) is 18.0.